The Bertz CT molecular complexity index is 806. The average molecular weight is 332 g/mol. The van der Waals surface area contributed by atoms with Crippen LogP contribution in [0.1, 0.15) is 48.2 Å². The maximum Gasteiger partial charge on any atom is 0.329 e. The van der Waals surface area contributed by atoms with Crippen molar-refractivity contribution < 1.29 is 19.1 Å². The summed E-state index contributed by atoms with van der Waals surface area (Å²) in [6, 6.07) is 4.42. The minimum atomic E-state index is -1.16. The molecule has 0 bridgehead atoms. The van der Waals surface area contributed by atoms with Gasteiger partial charge in [0.25, 0.3) is 5.91 Å². The third-order valence-corrected chi connectivity index (χ3v) is 5.17. The number of fused-ring (bicyclic) bond motifs is 1. The number of hydrogen-bond donors (Lipinski definition) is 2. The molecule has 128 valence electrons. The second-order valence-electron chi connectivity index (χ2n) is 6.63. The van der Waals surface area contributed by atoms with Crippen LogP contribution in [-0.4, -0.2) is 39.5 Å². The minimum absolute atomic E-state index is 0.285. The van der Waals surface area contributed by atoms with Crippen molar-refractivity contribution in [1.82, 2.24) is 9.88 Å². The molecule has 24 heavy (non-hydrogen) atoms. The molecule has 1 heterocycles. The van der Waals surface area contributed by atoms with Crippen LogP contribution >= 0.6 is 0 Å². The van der Waals surface area contributed by atoms with Crippen LogP contribution in [0.3, 0.4) is 0 Å². The standard InChI is InChI=1S/C18H21FN2O3/c1-11-8-12(19)9-14-13(11)10-15(20-14)16(22)21(2)18(17(23)24)6-4-3-5-7-18/h8-10,20H,3-7H2,1-2H3,(H,23,24). The lowest BCUT2D eigenvalue weighted by molar-refractivity contribution is -0.151. The second-order valence-corrected chi connectivity index (χ2v) is 6.63. The van der Waals surface area contributed by atoms with Crippen LogP contribution in [0.5, 0.6) is 0 Å². The lowest BCUT2D eigenvalue weighted by atomic mass is 9.80. The van der Waals surface area contributed by atoms with E-state index in [0.717, 1.165) is 30.2 Å². The van der Waals surface area contributed by atoms with E-state index in [-0.39, 0.29) is 17.4 Å². The number of aryl methyl sites for hydroxylation is 1. The normalized spacial score (nSPS) is 17.0. The fourth-order valence-corrected chi connectivity index (χ4v) is 3.69. The summed E-state index contributed by atoms with van der Waals surface area (Å²) in [4.78, 5) is 29.0. The molecule has 1 fully saturated rings. The Morgan fingerprint density at radius 2 is 1.88 bits per heavy atom. The Morgan fingerprint density at radius 1 is 1.21 bits per heavy atom. The highest BCUT2D eigenvalue weighted by atomic mass is 19.1. The number of benzene rings is 1. The van der Waals surface area contributed by atoms with E-state index in [1.807, 2.05) is 0 Å². The van der Waals surface area contributed by atoms with Crippen molar-refractivity contribution in [2.75, 3.05) is 7.05 Å². The minimum Gasteiger partial charge on any atom is -0.479 e. The van der Waals surface area contributed by atoms with Crippen molar-refractivity contribution in [3.63, 3.8) is 0 Å². The lowest BCUT2D eigenvalue weighted by Gasteiger charge is -2.40. The zero-order valence-corrected chi connectivity index (χ0v) is 13.9. The second kappa shape index (κ2) is 5.92. The van der Waals surface area contributed by atoms with Crippen LogP contribution in [0.2, 0.25) is 0 Å². The molecule has 1 aromatic carbocycles. The third kappa shape index (κ3) is 2.56. The van der Waals surface area contributed by atoms with Crippen LogP contribution in [0.25, 0.3) is 10.9 Å². The quantitative estimate of drug-likeness (QED) is 0.904. The molecule has 1 saturated carbocycles. The number of aliphatic carboxylic acids is 1. The first kappa shape index (κ1) is 16.5. The summed E-state index contributed by atoms with van der Waals surface area (Å²) in [5, 5.41) is 10.5. The molecule has 6 heteroatoms. The number of hydrogen-bond acceptors (Lipinski definition) is 2. The summed E-state index contributed by atoms with van der Waals surface area (Å²) in [5.41, 5.74) is 0.394. The number of H-pyrrole nitrogens is 1. The molecule has 2 N–H and O–H groups in total. The maximum absolute atomic E-state index is 13.5. The predicted molar refractivity (Wildman–Crippen MR) is 88.5 cm³/mol. The highest BCUT2D eigenvalue weighted by Gasteiger charge is 2.45. The maximum atomic E-state index is 13.5. The van der Waals surface area contributed by atoms with E-state index in [1.54, 1.807) is 20.0 Å². The summed E-state index contributed by atoms with van der Waals surface area (Å²) in [5.74, 6) is -1.71. The summed E-state index contributed by atoms with van der Waals surface area (Å²) in [6.07, 6.45) is 3.49. The SMILES string of the molecule is Cc1cc(F)cc2[nH]c(C(=O)N(C)C3(C(=O)O)CCCCC3)cc12. The van der Waals surface area contributed by atoms with E-state index in [4.69, 9.17) is 0 Å². The molecule has 0 aliphatic heterocycles. The summed E-state index contributed by atoms with van der Waals surface area (Å²) in [7, 11) is 1.54. The Kier molecular flexibility index (Phi) is 4.07. The number of carbonyl (C=O) groups excluding carboxylic acids is 1. The van der Waals surface area contributed by atoms with Crippen LogP contribution in [-0.2, 0) is 4.79 Å². The number of likely N-dealkylation sites (N-methyl/N-ethyl adjacent to an activating group) is 1. The number of carbonyl (C=O) groups is 2. The van der Waals surface area contributed by atoms with Crippen LogP contribution in [0.15, 0.2) is 18.2 Å². The van der Waals surface area contributed by atoms with Gasteiger partial charge in [0.05, 0.1) is 0 Å². The molecule has 2 aromatic rings. The fourth-order valence-electron chi connectivity index (χ4n) is 3.69. The van der Waals surface area contributed by atoms with E-state index in [0.29, 0.717) is 18.4 Å². The zero-order chi connectivity index (χ0) is 17.5. The topological polar surface area (TPSA) is 73.4 Å². The molecule has 1 aliphatic carbocycles. The Hall–Kier alpha value is -2.37. The summed E-state index contributed by atoms with van der Waals surface area (Å²) >= 11 is 0. The number of rotatable bonds is 3. The van der Waals surface area contributed by atoms with Gasteiger partial charge >= 0.3 is 5.97 Å². The molecule has 1 aliphatic rings. The number of halogens is 1. The largest absolute Gasteiger partial charge is 0.479 e. The molecular formula is C18H21FN2O3. The molecule has 0 unspecified atom stereocenters. The number of aromatic amines is 1. The Labute approximate surface area is 139 Å². The zero-order valence-electron chi connectivity index (χ0n) is 13.9. The predicted octanol–water partition coefficient (Wildman–Crippen LogP) is 3.47. The van der Waals surface area contributed by atoms with Crippen molar-refractivity contribution >= 4 is 22.8 Å². The van der Waals surface area contributed by atoms with Gasteiger partial charge in [-0.2, -0.15) is 0 Å². The van der Waals surface area contributed by atoms with Gasteiger partial charge in [0.15, 0.2) is 0 Å². The van der Waals surface area contributed by atoms with Gasteiger partial charge in [0.2, 0.25) is 0 Å². The van der Waals surface area contributed by atoms with Crippen molar-refractivity contribution in [2.45, 2.75) is 44.6 Å². The van der Waals surface area contributed by atoms with Gasteiger partial charge in [-0.15, -0.1) is 0 Å². The van der Waals surface area contributed by atoms with E-state index < -0.39 is 11.5 Å². The van der Waals surface area contributed by atoms with Gasteiger partial charge in [0, 0.05) is 18.0 Å². The molecule has 1 aromatic heterocycles. The number of carboxylic acids is 1. The fraction of sp³-hybridized carbons (Fsp3) is 0.444. The lowest BCUT2D eigenvalue weighted by Crippen LogP contribution is -2.56. The summed E-state index contributed by atoms with van der Waals surface area (Å²) in [6.45, 7) is 1.77. The van der Waals surface area contributed by atoms with Crippen LogP contribution < -0.4 is 0 Å². The van der Waals surface area contributed by atoms with E-state index >= 15 is 0 Å². The molecule has 0 radical (unpaired) electrons. The van der Waals surface area contributed by atoms with Gasteiger partial charge in [0.1, 0.15) is 17.1 Å². The molecule has 3 rings (SSSR count). The number of carboxylic acid groups (broad SMARTS) is 1. The molecule has 5 nitrogen and oxygen atoms in total. The highest BCUT2D eigenvalue weighted by Crippen LogP contribution is 2.34. The van der Waals surface area contributed by atoms with Gasteiger partial charge in [-0.3, -0.25) is 4.79 Å². The Balaban J connectivity index is 1.98. The van der Waals surface area contributed by atoms with Crippen LogP contribution in [0.4, 0.5) is 4.39 Å². The number of nitrogens with one attached hydrogen (secondary N) is 1. The van der Waals surface area contributed by atoms with Crippen molar-refractivity contribution in [1.29, 1.82) is 0 Å². The van der Waals surface area contributed by atoms with Gasteiger partial charge in [-0.1, -0.05) is 19.3 Å². The molecule has 0 atom stereocenters. The average Bonchev–Trinajstić information content (AvgIpc) is 2.98. The van der Waals surface area contributed by atoms with Crippen LogP contribution in [0, 0.1) is 12.7 Å². The smallest absolute Gasteiger partial charge is 0.329 e. The van der Waals surface area contributed by atoms with E-state index in [9.17, 15) is 19.1 Å². The monoisotopic (exact) mass is 332 g/mol. The molecule has 0 spiro atoms. The Morgan fingerprint density at radius 3 is 2.50 bits per heavy atom. The van der Waals surface area contributed by atoms with Gasteiger partial charge in [-0.25, -0.2) is 9.18 Å². The first-order valence-electron chi connectivity index (χ1n) is 8.15. The molecular weight excluding hydrogens is 311 g/mol. The third-order valence-electron chi connectivity index (χ3n) is 5.17. The number of aromatic nitrogens is 1. The van der Waals surface area contributed by atoms with Gasteiger partial charge in [-0.05, 0) is 43.5 Å². The summed E-state index contributed by atoms with van der Waals surface area (Å²) < 4.78 is 13.5. The first-order chi connectivity index (χ1) is 11.3. The molecule has 0 saturated heterocycles. The van der Waals surface area contributed by atoms with Crippen molar-refractivity contribution in [3.05, 3.63) is 35.3 Å². The first-order valence-corrected chi connectivity index (χ1v) is 8.15. The van der Waals surface area contributed by atoms with Gasteiger partial charge < -0.3 is 15.0 Å². The highest BCUT2D eigenvalue weighted by molar-refractivity contribution is 6.01. The molecule has 1 amide bonds. The number of nitrogens with zero attached hydrogens (tertiary/aromatic N) is 1. The van der Waals surface area contributed by atoms with Crippen molar-refractivity contribution in [2.24, 2.45) is 0 Å². The van der Waals surface area contributed by atoms with E-state index in [1.165, 1.54) is 17.0 Å². The number of amides is 1. The van der Waals surface area contributed by atoms with E-state index in [2.05, 4.69) is 4.98 Å². The van der Waals surface area contributed by atoms with Crippen molar-refractivity contribution in [3.8, 4) is 0 Å².